The van der Waals surface area contributed by atoms with Crippen LogP contribution in [0.1, 0.15) is 4.88 Å². The van der Waals surface area contributed by atoms with Crippen LogP contribution in [0.15, 0.2) is 30.3 Å². The van der Waals surface area contributed by atoms with Gasteiger partial charge in [0.1, 0.15) is 21.7 Å². The third-order valence-electron chi connectivity index (χ3n) is 4.35. The van der Waals surface area contributed by atoms with Crippen molar-refractivity contribution in [3.05, 3.63) is 45.3 Å². The SMILES string of the molecule is COc1ccc(OC)c2sc(N(CCN(C)C)C(=O)/C=C/c3ccc([N+](=O)[O-])s3)nc12. The maximum absolute atomic E-state index is 13.1. The molecule has 164 valence electrons. The van der Waals surface area contributed by atoms with Gasteiger partial charge in [-0.05, 0) is 38.4 Å². The predicted molar refractivity (Wildman–Crippen MR) is 124 cm³/mol. The number of thiophene rings is 1. The second-order valence-electron chi connectivity index (χ2n) is 6.70. The molecular weight excluding hydrogens is 440 g/mol. The number of fused-ring (bicyclic) bond motifs is 1. The number of amides is 1. The third kappa shape index (κ3) is 5.19. The fraction of sp³-hybridized carbons (Fsp3) is 0.300. The summed E-state index contributed by atoms with van der Waals surface area (Å²) < 4.78 is 11.6. The summed E-state index contributed by atoms with van der Waals surface area (Å²) in [4.78, 5) is 32.3. The van der Waals surface area contributed by atoms with Crippen molar-refractivity contribution in [1.82, 2.24) is 9.88 Å². The van der Waals surface area contributed by atoms with E-state index in [0.29, 0.717) is 40.1 Å². The van der Waals surface area contributed by atoms with Crippen molar-refractivity contribution in [1.29, 1.82) is 0 Å². The zero-order chi connectivity index (χ0) is 22.5. The molecule has 31 heavy (non-hydrogen) atoms. The number of hydrogen-bond acceptors (Lipinski definition) is 9. The molecule has 0 atom stereocenters. The highest BCUT2D eigenvalue weighted by molar-refractivity contribution is 7.22. The largest absolute Gasteiger partial charge is 0.495 e. The molecule has 2 heterocycles. The molecule has 0 bridgehead atoms. The van der Waals surface area contributed by atoms with Gasteiger partial charge in [0.15, 0.2) is 5.13 Å². The lowest BCUT2D eigenvalue weighted by molar-refractivity contribution is -0.380. The molecule has 0 aliphatic carbocycles. The van der Waals surface area contributed by atoms with Gasteiger partial charge in [0.2, 0.25) is 0 Å². The lowest BCUT2D eigenvalue weighted by atomic mass is 10.3. The van der Waals surface area contributed by atoms with E-state index in [-0.39, 0.29) is 10.9 Å². The minimum absolute atomic E-state index is 0.0296. The summed E-state index contributed by atoms with van der Waals surface area (Å²) in [5, 5.41) is 11.4. The van der Waals surface area contributed by atoms with Crippen LogP contribution in [0.2, 0.25) is 0 Å². The van der Waals surface area contributed by atoms with Gasteiger partial charge in [0.25, 0.3) is 5.91 Å². The molecule has 1 aromatic carbocycles. The Kier molecular flexibility index (Phi) is 7.21. The molecule has 3 aromatic rings. The van der Waals surface area contributed by atoms with Crippen molar-refractivity contribution in [2.45, 2.75) is 0 Å². The van der Waals surface area contributed by atoms with Crippen LogP contribution in [-0.4, -0.2) is 62.1 Å². The standard InChI is InChI=1S/C20H22N4O5S2/c1-22(2)11-12-23(16(25)9-5-13-6-10-17(30-13)24(26)27)20-21-18-14(28-3)7-8-15(29-4)19(18)31-20/h5-10H,11-12H2,1-4H3/b9-5+. The van der Waals surface area contributed by atoms with E-state index in [2.05, 4.69) is 4.98 Å². The lowest BCUT2D eigenvalue weighted by Crippen LogP contribution is -2.35. The topological polar surface area (TPSA) is 98.0 Å². The zero-order valence-corrected chi connectivity index (χ0v) is 19.2. The van der Waals surface area contributed by atoms with Gasteiger partial charge in [-0.1, -0.05) is 22.7 Å². The van der Waals surface area contributed by atoms with Crippen molar-refractivity contribution in [3.63, 3.8) is 0 Å². The summed E-state index contributed by atoms with van der Waals surface area (Å²) in [6, 6.07) is 6.62. The summed E-state index contributed by atoms with van der Waals surface area (Å²) in [5.41, 5.74) is 0.627. The molecule has 0 spiro atoms. The fourth-order valence-corrected chi connectivity index (χ4v) is 4.59. The Labute approximate surface area is 187 Å². The summed E-state index contributed by atoms with van der Waals surface area (Å²) >= 11 is 2.36. The Balaban J connectivity index is 1.95. The Morgan fingerprint density at radius 1 is 1.13 bits per heavy atom. The molecule has 0 radical (unpaired) electrons. The first kappa shape index (κ1) is 22.7. The van der Waals surface area contributed by atoms with Crippen LogP contribution in [0.5, 0.6) is 11.5 Å². The number of carbonyl (C=O) groups excluding carboxylic acids is 1. The Morgan fingerprint density at radius 2 is 1.84 bits per heavy atom. The number of methoxy groups -OCH3 is 2. The molecule has 9 nitrogen and oxygen atoms in total. The first-order valence-corrected chi connectivity index (χ1v) is 10.9. The first-order chi connectivity index (χ1) is 14.8. The van der Waals surface area contributed by atoms with Crippen molar-refractivity contribution < 1.29 is 19.2 Å². The van der Waals surface area contributed by atoms with E-state index in [0.717, 1.165) is 16.0 Å². The van der Waals surface area contributed by atoms with Crippen LogP contribution >= 0.6 is 22.7 Å². The van der Waals surface area contributed by atoms with E-state index in [4.69, 9.17) is 9.47 Å². The van der Waals surface area contributed by atoms with Crippen molar-refractivity contribution in [3.8, 4) is 11.5 Å². The van der Waals surface area contributed by atoms with Crippen LogP contribution in [0.3, 0.4) is 0 Å². The zero-order valence-electron chi connectivity index (χ0n) is 17.5. The van der Waals surface area contributed by atoms with Crippen LogP contribution in [0.4, 0.5) is 10.1 Å². The Hall–Kier alpha value is -3.02. The van der Waals surface area contributed by atoms with Gasteiger partial charge in [-0.2, -0.15) is 0 Å². The Bertz CT molecular complexity index is 1080. The van der Waals surface area contributed by atoms with Crippen molar-refractivity contribution in [2.24, 2.45) is 0 Å². The van der Waals surface area contributed by atoms with Crippen LogP contribution in [0.25, 0.3) is 16.3 Å². The smallest absolute Gasteiger partial charge is 0.324 e. The molecule has 0 saturated carbocycles. The van der Waals surface area contributed by atoms with Gasteiger partial charge in [-0.25, -0.2) is 4.98 Å². The number of nitro groups is 1. The van der Waals surface area contributed by atoms with E-state index >= 15 is 0 Å². The fourth-order valence-electron chi connectivity index (χ4n) is 2.76. The number of benzene rings is 1. The number of thiazole rings is 1. The predicted octanol–water partition coefficient (Wildman–Crippen LogP) is 3.89. The molecule has 0 aliphatic heterocycles. The summed E-state index contributed by atoms with van der Waals surface area (Å²) in [7, 11) is 7.00. The average Bonchev–Trinajstić information content (AvgIpc) is 3.39. The molecule has 3 rings (SSSR count). The number of anilines is 1. The summed E-state index contributed by atoms with van der Waals surface area (Å²) in [6.45, 7) is 1.06. The highest BCUT2D eigenvalue weighted by Crippen LogP contribution is 2.40. The van der Waals surface area contributed by atoms with Crippen molar-refractivity contribution in [2.75, 3.05) is 46.3 Å². The normalized spacial score (nSPS) is 11.4. The lowest BCUT2D eigenvalue weighted by Gasteiger charge is -2.20. The number of likely N-dealkylation sites (N-methyl/N-ethyl adjacent to an activating group) is 1. The second-order valence-corrected chi connectivity index (χ2v) is 8.78. The van der Waals surface area contributed by atoms with E-state index in [1.54, 1.807) is 43.4 Å². The Morgan fingerprint density at radius 3 is 2.45 bits per heavy atom. The maximum Gasteiger partial charge on any atom is 0.324 e. The molecule has 0 N–H and O–H groups in total. The number of ether oxygens (including phenoxy) is 2. The van der Waals surface area contributed by atoms with Gasteiger partial charge in [-0.3, -0.25) is 19.8 Å². The number of aromatic nitrogens is 1. The van der Waals surface area contributed by atoms with Crippen molar-refractivity contribution >= 4 is 55.0 Å². The van der Waals surface area contributed by atoms with E-state index in [1.165, 1.54) is 23.5 Å². The molecule has 0 aliphatic rings. The van der Waals surface area contributed by atoms with Gasteiger partial charge in [0, 0.05) is 30.1 Å². The minimum atomic E-state index is -0.449. The third-order valence-corrected chi connectivity index (χ3v) is 6.44. The van der Waals surface area contributed by atoms with E-state index in [9.17, 15) is 14.9 Å². The molecule has 0 saturated heterocycles. The van der Waals surface area contributed by atoms with Gasteiger partial charge in [0.05, 0.1) is 19.1 Å². The molecule has 0 fully saturated rings. The second kappa shape index (κ2) is 9.86. The summed E-state index contributed by atoms with van der Waals surface area (Å²) in [6.07, 6.45) is 2.99. The molecule has 0 unspecified atom stereocenters. The van der Waals surface area contributed by atoms with Gasteiger partial charge in [-0.15, -0.1) is 0 Å². The molecule has 11 heteroatoms. The van der Waals surface area contributed by atoms with Gasteiger partial charge < -0.3 is 14.4 Å². The number of rotatable bonds is 9. The maximum atomic E-state index is 13.1. The average molecular weight is 463 g/mol. The monoisotopic (exact) mass is 462 g/mol. The van der Waals surface area contributed by atoms with Crippen LogP contribution in [-0.2, 0) is 4.79 Å². The number of hydrogen-bond donors (Lipinski definition) is 0. The van der Waals surface area contributed by atoms with E-state index in [1.807, 2.05) is 19.0 Å². The molecule has 2 aromatic heterocycles. The summed E-state index contributed by atoms with van der Waals surface area (Å²) in [5.74, 6) is 0.982. The minimum Gasteiger partial charge on any atom is -0.495 e. The molecule has 1 amide bonds. The molecular formula is C20H22N4O5S2. The number of carbonyl (C=O) groups is 1. The van der Waals surface area contributed by atoms with Crippen LogP contribution in [0, 0.1) is 10.1 Å². The quantitative estimate of drug-likeness (QED) is 0.270. The first-order valence-electron chi connectivity index (χ1n) is 9.24. The number of nitrogens with zero attached hydrogens (tertiary/aromatic N) is 4. The highest BCUT2D eigenvalue weighted by atomic mass is 32.1. The van der Waals surface area contributed by atoms with Crippen LogP contribution < -0.4 is 14.4 Å². The van der Waals surface area contributed by atoms with Gasteiger partial charge >= 0.3 is 5.00 Å². The highest BCUT2D eigenvalue weighted by Gasteiger charge is 2.21. The van der Waals surface area contributed by atoms with E-state index < -0.39 is 4.92 Å².